The third-order valence-electron chi connectivity index (χ3n) is 5.60. The van der Waals surface area contributed by atoms with Crippen molar-refractivity contribution >= 4 is 51.9 Å². The molecule has 2 heterocycles. The fraction of sp³-hybridized carbons (Fsp3) is 0.250. The number of benzene rings is 2. The molecule has 9 nitrogen and oxygen atoms in total. The third-order valence-corrected chi connectivity index (χ3v) is 6.31. The van der Waals surface area contributed by atoms with E-state index in [1.54, 1.807) is 17.9 Å². The van der Waals surface area contributed by atoms with Crippen LogP contribution in [-0.4, -0.2) is 36.8 Å². The van der Waals surface area contributed by atoms with Crippen molar-refractivity contribution in [3.05, 3.63) is 64.4 Å². The summed E-state index contributed by atoms with van der Waals surface area (Å²) < 4.78 is 1.98. The summed E-state index contributed by atoms with van der Waals surface area (Å²) in [6.45, 7) is 0.480. The average molecular weight is 515 g/mol. The lowest BCUT2D eigenvalue weighted by molar-refractivity contribution is -0.129. The molecule has 0 atom stereocenters. The number of aromatic nitrogens is 4. The largest absolute Gasteiger partial charge is 0.326 e. The summed E-state index contributed by atoms with van der Waals surface area (Å²) in [4.78, 5) is 27.7. The van der Waals surface area contributed by atoms with E-state index in [0.717, 1.165) is 27.9 Å². The zero-order chi connectivity index (χ0) is 24.8. The van der Waals surface area contributed by atoms with E-state index in [9.17, 15) is 9.59 Å². The highest BCUT2D eigenvalue weighted by atomic mass is 35.5. The molecular weight excluding hydrogens is 491 g/mol. The minimum atomic E-state index is -0.424. The molecule has 2 aromatic carbocycles. The van der Waals surface area contributed by atoms with Crippen LogP contribution < -0.4 is 10.8 Å². The maximum Gasteiger partial charge on any atom is 0.243 e. The van der Waals surface area contributed by atoms with Gasteiger partial charge in [-0.25, -0.2) is 10.5 Å². The smallest absolute Gasteiger partial charge is 0.243 e. The average Bonchev–Trinajstić information content (AvgIpc) is 3.47. The topological polar surface area (TPSA) is 125 Å². The van der Waals surface area contributed by atoms with Crippen LogP contribution in [0.4, 0.5) is 5.82 Å². The number of nitrogens with one attached hydrogen (secondary N) is 3. The van der Waals surface area contributed by atoms with Gasteiger partial charge >= 0.3 is 0 Å². The monoisotopic (exact) mass is 514 g/mol. The number of nitrogens with zero attached hydrogens (tertiary/aromatic N) is 3. The predicted molar refractivity (Wildman–Crippen MR) is 135 cm³/mol. The summed E-state index contributed by atoms with van der Waals surface area (Å²) in [5, 5.41) is 19.6. The summed E-state index contributed by atoms with van der Waals surface area (Å²) in [6.07, 6.45) is 4.25. The van der Waals surface area contributed by atoms with E-state index in [1.165, 1.54) is 0 Å². The Balaban J connectivity index is 1.40. The number of anilines is 1. The van der Waals surface area contributed by atoms with Crippen molar-refractivity contribution in [1.82, 2.24) is 25.2 Å². The molecule has 4 N–H and O–H groups in total. The standard InChI is InChI=1S/C24H24Cl2N6O3/c25-17-5-4-6-18(26)16(17)13-32-14-27-19-10-9-15(11-21(19)32)20-12-22(30-29-20)28-23(33)7-2-1-3-8-24(34)31-35/h4-6,9-12,14,35H,1-3,7-8,13H2,(H,31,34)(H2,28,29,30,33). The highest BCUT2D eigenvalue weighted by molar-refractivity contribution is 6.36. The molecule has 0 radical (unpaired) electrons. The van der Waals surface area contributed by atoms with E-state index in [0.29, 0.717) is 48.1 Å². The molecule has 0 aliphatic heterocycles. The lowest BCUT2D eigenvalue weighted by Gasteiger charge is -2.09. The van der Waals surface area contributed by atoms with Gasteiger partial charge in [0.1, 0.15) is 0 Å². The van der Waals surface area contributed by atoms with Gasteiger partial charge in [-0.1, -0.05) is 41.8 Å². The van der Waals surface area contributed by atoms with Crippen molar-refractivity contribution in [3.63, 3.8) is 0 Å². The maximum absolute atomic E-state index is 12.2. The molecule has 0 aliphatic carbocycles. The van der Waals surface area contributed by atoms with Crippen LogP contribution in [0.2, 0.25) is 10.0 Å². The number of unbranched alkanes of at least 4 members (excludes halogenated alkanes) is 2. The summed E-state index contributed by atoms with van der Waals surface area (Å²) >= 11 is 12.7. The van der Waals surface area contributed by atoms with Crippen molar-refractivity contribution < 1.29 is 14.8 Å². The van der Waals surface area contributed by atoms with Crippen molar-refractivity contribution in [2.24, 2.45) is 0 Å². The molecule has 2 aromatic heterocycles. The van der Waals surface area contributed by atoms with Crippen LogP contribution in [0.3, 0.4) is 0 Å². The van der Waals surface area contributed by atoms with E-state index in [2.05, 4.69) is 20.5 Å². The van der Waals surface area contributed by atoms with Gasteiger partial charge in [0.25, 0.3) is 0 Å². The first-order valence-corrected chi connectivity index (χ1v) is 11.9. The SMILES string of the molecule is O=C(CCCCCC(=O)Nc1cc(-c2ccc3ncn(Cc4c(Cl)cccc4Cl)c3c2)[nH]n1)NO. The number of hydrogen-bond acceptors (Lipinski definition) is 5. The Morgan fingerprint density at radius 3 is 2.49 bits per heavy atom. The minimum Gasteiger partial charge on any atom is -0.326 e. The second-order valence-corrected chi connectivity index (χ2v) is 8.90. The molecule has 4 rings (SSSR count). The van der Waals surface area contributed by atoms with Gasteiger partial charge in [-0.3, -0.25) is 19.9 Å². The summed E-state index contributed by atoms with van der Waals surface area (Å²) in [7, 11) is 0. The second-order valence-electron chi connectivity index (χ2n) is 8.09. The Labute approximate surface area is 211 Å². The number of hydrogen-bond donors (Lipinski definition) is 4. The normalized spacial score (nSPS) is 11.1. The molecule has 4 aromatic rings. The van der Waals surface area contributed by atoms with Crippen LogP contribution in [0, 0.1) is 0 Å². The number of halogens is 2. The van der Waals surface area contributed by atoms with E-state index < -0.39 is 5.91 Å². The molecule has 0 saturated heterocycles. The van der Waals surface area contributed by atoms with Gasteiger partial charge in [0.15, 0.2) is 5.82 Å². The van der Waals surface area contributed by atoms with Gasteiger partial charge in [0.05, 0.1) is 29.6 Å². The fourth-order valence-corrected chi connectivity index (χ4v) is 4.26. The molecule has 0 fully saturated rings. The van der Waals surface area contributed by atoms with E-state index in [-0.39, 0.29) is 12.3 Å². The van der Waals surface area contributed by atoms with Crippen LogP contribution in [-0.2, 0) is 16.1 Å². The number of aromatic amines is 1. The van der Waals surface area contributed by atoms with E-state index >= 15 is 0 Å². The second kappa shape index (κ2) is 11.4. The summed E-state index contributed by atoms with van der Waals surface area (Å²) in [6, 6.07) is 13.1. The Kier molecular flexibility index (Phi) is 8.02. The van der Waals surface area contributed by atoms with Gasteiger partial charge in [-0.15, -0.1) is 0 Å². The molecule has 0 bridgehead atoms. The number of hydroxylamine groups is 1. The Hall–Kier alpha value is -3.40. The van der Waals surface area contributed by atoms with Gasteiger partial charge < -0.3 is 9.88 Å². The number of carbonyl (C=O) groups is 2. The molecule has 0 unspecified atom stereocenters. The van der Waals surface area contributed by atoms with Gasteiger partial charge in [0.2, 0.25) is 11.8 Å². The summed E-state index contributed by atoms with van der Waals surface area (Å²) in [5.74, 6) is -0.145. The Bertz CT molecular complexity index is 1330. The Morgan fingerprint density at radius 2 is 1.74 bits per heavy atom. The molecule has 0 aliphatic rings. The van der Waals surface area contributed by atoms with Crippen LogP contribution >= 0.6 is 23.2 Å². The number of H-pyrrole nitrogens is 1. The van der Waals surface area contributed by atoms with E-state index in [4.69, 9.17) is 28.4 Å². The lowest BCUT2D eigenvalue weighted by atomic mass is 10.1. The van der Waals surface area contributed by atoms with Crippen LogP contribution in [0.25, 0.3) is 22.3 Å². The minimum absolute atomic E-state index is 0.153. The number of rotatable bonds is 10. The van der Waals surface area contributed by atoms with Crippen molar-refractivity contribution in [3.8, 4) is 11.3 Å². The van der Waals surface area contributed by atoms with Crippen molar-refractivity contribution in [2.45, 2.75) is 38.6 Å². The summed E-state index contributed by atoms with van der Waals surface area (Å²) in [5.41, 5.74) is 5.80. The van der Waals surface area contributed by atoms with Crippen molar-refractivity contribution in [1.29, 1.82) is 0 Å². The maximum atomic E-state index is 12.2. The first-order valence-electron chi connectivity index (χ1n) is 11.1. The molecule has 11 heteroatoms. The van der Waals surface area contributed by atoms with Crippen LogP contribution in [0.5, 0.6) is 0 Å². The molecule has 0 saturated carbocycles. The number of carbonyl (C=O) groups excluding carboxylic acids is 2. The zero-order valence-corrected chi connectivity index (χ0v) is 20.2. The zero-order valence-electron chi connectivity index (χ0n) is 18.7. The fourth-order valence-electron chi connectivity index (χ4n) is 3.75. The van der Waals surface area contributed by atoms with Crippen molar-refractivity contribution in [2.75, 3.05) is 5.32 Å². The van der Waals surface area contributed by atoms with Crippen LogP contribution in [0.1, 0.15) is 37.7 Å². The first-order chi connectivity index (χ1) is 16.9. The van der Waals surface area contributed by atoms with Gasteiger partial charge in [-0.2, -0.15) is 5.10 Å². The van der Waals surface area contributed by atoms with Gasteiger partial charge in [0, 0.05) is 40.1 Å². The van der Waals surface area contributed by atoms with E-state index in [1.807, 2.05) is 41.0 Å². The number of imidazole rings is 1. The molecule has 2 amide bonds. The van der Waals surface area contributed by atoms with Crippen LogP contribution in [0.15, 0.2) is 48.8 Å². The highest BCUT2D eigenvalue weighted by Gasteiger charge is 2.12. The third kappa shape index (κ3) is 6.19. The lowest BCUT2D eigenvalue weighted by Crippen LogP contribution is -2.17. The number of amides is 2. The molecule has 0 spiro atoms. The highest BCUT2D eigenvalue weighted by Crippen LogP contribution is 2.28. The molecular formula is C24H24Cl2N6O3. The number of fused-ring (bicyclic) bond motifs is 1. The molecule has 182 valence electrons. The van der Waals surface area contributed by atoms with Gasteiger partial charge in [-0.05, 0) is 37.1 Å². The predicted octanol–water partition coefficient (Wildman–Crippen LogP) is 5.18. The Morgan fingerprint density at radius 1 is 1.00 bits per heavy atom. The first kappa shape index (κ1) is 24.7. The quantitative estimate of drug-likeness (QED) is 0.132. The molecule has 35 heavy (non-hydrogen) atoms.